The Bertz CT molecular complexity index is 506. The van der Waals surface area contributed by atoms with Gasteiger partial charge in [-0.05, 0) is 38.8 Å². The number of carbonyl (C=O) groups excluding carboxylic acids is 1. The molecule has 3 atom stereocenters. The average molecular weight is 318 g/mol. The zero-order chi connectivity index (χ0) is 15.7. The van der Waals surface area contributed by atoms with Gasteiger partial charge in [-0.3, -0.25) is 4.79 Å². The van der Waals surface area contributed by atoms with E-state index >= 15 is 0 Å². The van der Waals surface area contributed by atoms with Gasteiger partial charge in [-0.2, -0.15) is 0 Å². The molecule has 1 N–H and O–H groups in total. The van der Waals surface area contributed by atoms with Crippen LogP contribution in [0.1, 0.15) is 25.7 Å². The predicted octanol–water partition coefficient (Wildman–Crippen LogP) is 1.26. The monoisotopic (exact) mass is 318 g/mol. The third-order valence-electron chi connectivity index (χ3n) is 5.44. The summed E-state index contributed by atoms with van der Waals surface area (Å²) in [5.74, 6) is -0.0286. The maximum atomic E-state index is 12.4. The number of amides is 1. The van der Waals surface area contributed by atoms with Crippen LogP contribution in [0.4, 0.5) is 0 Å². The van der Waals surface area contributed by atoms with Gasteiger partial charge in [0.15, 0.2) is 6.10 Å². The highest BCUT2D eigenvalue weighted by Crippen LogP contribution is 2.46. The van der Waals surface area contributed by atoms with Crippen molar-refractivity contribution in [3.63, 3.8) is 0 Å². The largest absolute Gasteiger partial charge is 0.368 e. The van der Waals surface area contributed by atoms with Crippen LogP contribution in [0.15, 0.2) is 24.3 Å². The fourth-order valence-corrected chi connectivity index (χ4v) is 3.78. The van der Waals surface area contributed by atoms with E-state index in [2.05, 4.69) is 10.2 Å². The van der Waals surface area contributed by atoms with Crippen LogP contribution in [0.25, 0.3) is 0 Å². The Kier molecular flexibility index (Phi) is 4.26. The molecule has 0 aromatic heterocycles. The molecule has 1 amide bonds. The Labute approximate surface area is 137 Å². The molecule has 0 aromatic rings. The molecular weight excluding hydrogens is 292 g/mol. The number of hydrogen-bond acceptors (Lipinski definition) is 4. The van der Waals surface area contributed by atoms with Crippen molar-refractivity contribution < 1.29 is 14.3 Å². The molecule has 1 saturated carbocycles. The Morgan fingerprint density at radius 2 is 1.91 bits per heavy atom. The van der Waals surface area contributed by atoms with Crippen LogP contribution in [0.3, 0.4) is 0 Å². The van der Waals surface area contributed by atoms with E-state index in [1.807, 2.05) is 24.3 Å². The SMILES string of the molecule is O=C(NCC1(CN2CCCC2)CC1)C1COC2C=CC=CC2O1. The molecular formula is C18H26N2O3. The van der Waals surface area contributed by atoms with Gasteiger partial charge < -0.3 is 19.7 Å². The molecule has 2 saturated heterocycles. The second-order valence-electron chi connectivity index (χ2n) is 7.36. The molecule has 2 aliphatic carbocycles. The molecule has 0 bridgehead atoms. The van der Waals surface area contributed by atoms with Crippen LogP contribution in [-0.4, -0.2) is 61.9 Å². The lowest BCUT2D eigenvalue weighted by Gasteiger charge is -2.34. The number of rotatable bonds is 5. The van der Waals surface area contributed by atoms with Gasteiger partial charge in [-0.1, -0.05) is 24.3 Å². The first-order valence-electron chi connectivity index (χ1n) is 8.86. The van der Waals surface area contributed by atoms with Gasteiger partial charge >= 0.3 is 0 Å². The summed E-state index contributed by atoms with van der Waals surface area (Å²) in [6, 6.07) is 0. The lowest BCUT2D eigenvalue weighted by Crippen LogP contribution is -2.50. The smallest absolute Gasteiger partial charge is 0.251 e. The van der Waals surface area contributed by atoms with Gasteiger partial charge in [0, 0.05) is 18.5 Å². The van der Waals surface area contributed by atoms with E-state index in [9.17, 15) is 4.79 Å². The summed E-state index contributed by atoms with van der Waals surface area (Å²) in [6.07, 6.45) is 12.3. The van der Waals surface area contributed by atoms with Crippen molar-refractivity contribution in [3.8, 4) is 0 Å². The summed E-state index contributed by atoms with van der Waals surface area (Å²) in [6.45, 7) is 4.68. The van der Waals surface area contributed by atoms with E-state index < -0.39 is 6.10 Å². The Morgan fingerprint density at radius 3 is 2.65 bits per heavy atom. The predicted molar refractivity (Wildman–Crippen MR) is 87.0 cm³/mol. The number of likely N-dealkylation sites (tertiary alicyclic amines) is 1. The first kappa shape index (κ1) is 15.4. The number of nitrogens with one attached hydrogen (secondary N) is 1. The zero-order valence-corrected chi connectivity index (χ0v) is 13.6. The van der Waals surface area contributed by atoms with Crippen LogP contribution < -0.4 is 5.32 Å². The van der Waals surface area contributed by atoms with Crippen LogP contribution in [-0.2, 0) is 14.3 Å². The van der Waals surface area contributed by atoms with Crippen molar-refractivity contribution in [2.75, 3.05) is 32.8 Å². The summed E-state index contributed by atoms with van der Waals surface area (Å²) in [4.78, 5) is 15.0. The Hall–Kier alpha value is -1.17. The molecule has 2 aliphatic heterocycles. The number of fused-ring (bicyclic) bond motifs is 1. The van der Waals surface area contributed by atoms with Gasteiger partial charge in [-0.25, -0.2) is 0 Å². The molecule has 3 fully saturated rings. The highest BCUT2D eigenvalue weighted by molar-refractivity contribution is 5.81. The topological polar surface area (TPSA) is 50.8 Å². The normalized spacial score (nSPS) is 35.0. The van der Waals surface area contributed by atoms with E-state index in [1.54, 1.807) is 0 Å². The molecule has 4 aliphatic rings. The first-order valence-corrected chi connectivity index (χ1v) is 8.86. The van der Waals surface area contributed by atoms with Crippen molar-refractivity contribution in [3.05, 3.63) is 24.3 Å². The Morgan fingerprint density at radius 1 is 1.17 bits per heavy atom. The second kappa shape index (κ2) is 6.38. The second-order valence-corrected chi connectivity index (χ2v) is 7.36. The summed E-state index contributed by atoms with van der Waals surface area (Å²) >= 11 is 0. The van der Waals surface area contributed by atoms with Crippen LogP contribution in [0, 0.1) is 5.41 Å². The summed E-state index contributed by atoms with van der Waals surface area (Å²) < 4.78 is 11.6. The molecule has 126 valence electrons. The third kappa shape index (κ3) is 3.52. The van der Waals surface area contributed by atoms with E-state index in [0.717, 1.165) is 13.1 Å². The number of nitrogens with zero attached hydrogens (tertiary/aromatic N) is 1. The van der Waals surface area contributed by atoms with E-state index in [0.29, 0.717) is 12.0 Å². The van der Waals surface area contributed by atoms with Gasteiger partial charge in [-0.15, -0.1) is 0 Å². The first-order chi connectivity index (χ1) is 11.2. The van der Waals surface area contributed by atoms with Crippen molar-refractivity contribution in [2.45, 2.75) is 44.0 Å². The van der Waals surface area contributed by atoms with Crippen LogP contribution >= 0.6 is 0 Å². The molecule has 2 heterocycles. The molecule has 23 heavy (non-hydrogen) atoms. The van der Waals surface area contributed by atoms with E-state index in [4.69, 9.17) is 9.47 Å². The minimum absolute atomic E-state index is 0.0286. The van der Waals surface area contributed by atoms with Crippen molar-refractivity contribution in [2.24, 2.45) is 5.41 Å². The third-order valence-corrected chi connectivity index (χ3v) is 5.44. The van der Waals surface area contributed by atoms with Gasteiger partial charge in [0.05, 0.1) is 6.61 Å². The van der Waals surface area contributed by atoms with Crippen molar-refractivity contribution in [1.82, 2.24) is 10.2 Å². The van der Waals surface area contributed by atoms with Crippen molar-refractivity contribution in [1.29, 1.82) is 0 Å². The van der Waals surface area contributed by atoms with Crippen molar-refractivity contribution >= 4 is 5.91 Å². The molecule has 0 aromatic carbocycles. The maximum Gasteiger partial charge on any atom is 0.251 e. The summed E-state index contributed by atoms with van der Waals surface area (Å²) in [7, 11) is 0. The molecule has 5 heteroatoms. The zero-order valence-electron chi connectivity index (χ0n) is 13.6. The number of carbonyl (C=O) groups is 1. The molecule has 0 radical (unpaired) electrons. The highest BCUT2D eigenvalue weighted by atomic mass is 16.6. The number of allylic oxidation sites excluding steroid dienone is 2. The molecule has 4 rings (SSSR count). The summed E-state index contributed by atoms with van der Waals surface area (Å²) in [5, 5.41) is 3.11. The van der Waals surface area contributed by atoms with Gasteiger partial charge in [0.25, 0.3) is 5.91 Å². The average Bonchev–Trinajstić information content (AvgIpc) is 3.15. The number of ether oxygens (including phenoxy) is 2. The fraction of sp³-hybridized carbons (Fsp3) is 0.722. The molecule has 0 spiro atoms. The van der Waals surface area contributed by atoms with Gasteiger partial charge in [0.2, 0.25) is 0 Å². The highest BCUT2D eigenvalue weighted by Gasteiger charge is 2.45. The lowest BCUT2D eigenvalue weighted by molar-refractivity contribution is -0.168. The quantitative estimate of drug-likeness (QED) is 0.829. The molecule has 5 nitrogen and oxygen atoms in total. The molecule has 3 unspecified atom stereocenters. The minimum atomic E-state index is -0.491. The minimum Gasteiger partial charge on any atom is -0.368 e. The van der Waals surface area contributed by atoms with E-state index in [1.165, 1.54) is 38.8 Å². The maximum absolute atomic E-state index is 12.4. The van der Waals surface area contributed by atoms with Crippen LogP contribution in [0.2, 0.25) is 0 Å². The van der Waals surface area contributed by atoms with E-state index in [-0.39, 0.29) is 18.1 Å². The summed E-state index contributed by atoms with van der Waals surface area (Å²) in [5.41, 5.74) is 0.311. The lowest BCUT2D eigenvalue weighted by atomic mass is 10.1. The fourth-order valence-electron chi connectivity index (χ4n) is 3.78. The standard InChI is InChI=1S/C18H26N2O3/c21-17(16-11-22-14-5-1-2-6-15(14)23-16)19-12-18(7-8-18)13-20-9-3-4-10-20/h1-2,5-6,14-16H,3-4,7-13H2,(H,19,21). The Balaban J connectivity index is 1.25. The van der Waals surface area contributed by atoms with Gasteiger partial charge in [0.1, 0.15) is 12.2 Å². The number of hydrogen-bond donors (Lipinski definition) is 1. The van der Waals surface area contributed by atoms with Crippen LogP contribution in [0.5, 0.6) is 0 Å².